The molecule has 0 fully saturated rings. The summed E-state index contributed by atoms with van der Waals surface area (Å²) in [5, 5.41) is 0. The van der Waals surface area contributed by atoms with Gasteiger partial charge in [0.15, 0.2) is 0 Å². The highest BCUT2D eigenvalue weighted by Crippen LogP contribution is 2.14. The summed E-state index contributed by atoms with van der Waals surface area (Å²) >= 11 is 0. The molecule has 0 amide bonds. The zero-order chi connectivity index (χ0) is 11.3. The summed E-state index contributed by atoms with van der Waals surface area (Å²) in [4.78, 5) is 4.27. The third-order valence-electron chi connectivity index (χ3n) is 2.68. The van der Waals surface area contributed by atoms with E-state index >= 15 is 0 Å². The molecule has 0 unspecified atom stereocenters. The molecule has 0 aliphatic heterocycles. The maximum absolute atomic E-state index is 5.52. The topological polar surface area (TPSA) is 53.1 Å². The minimum Gasteiger partial charge on any atom is -0.379 e. The van der Waals surface area contributed by atoms with Crippen LogP contribution in [0.3, 0.4) is 0 Å². The monoisotopic (exact) mass is 211 g/mol. The Morgan fingerprint density at radius 3 is 2.87 bits per heavy atom. The first-order chi connectivity index (χ1) is 7.09. The predicted octanol–water partition coefficient (Wildman–Crippen LogP) is 1.20. The van der Waals surface area contributed by atoms with E-state index in [0.29, 0.717) is 6.54 Å². The maximum atomic E-state index is 5.52. The van der Waals surface area contributed by atoms with E-state index in [1.807, 2.05) is 12.4 Å². The number of nitrogens with zero attached hydrogens (tertiary/aromatic N) is 2. The average molecular weight is 211 g/mol. The fourth-order valence-electron chi connectivity index (χ4n) is 1.39. The fourth-order valence-corrected chi connectivity index (χ4v) is 1.39. The Hall–Kier alpha value is -0.870. The zero-order valence-electron chi connectivity index (χ0n) is 9.86. The molecule has 4 nitrogen and oxygen atoms in total. The van der Waals surface area contributed by atoms with Gasteiger partial charge in [0, 0.05) is 32.5 Å². The lowest BCUT2D eigenvalue weighted by Gasteiger charge is -2.23. The number of nitrogens with two attached hydrogens (primary N) is 1. The number of rotatable bonds is 6. The number of hydrogen-bond donors (Lipinski definition) is 1. The summed E-state index contributed by atoms with van der Waals surface area (Å²) in [5.41, 5.74) is 5.44. The SMILES string of the molecule is COC(C)(C)CCn1ccnc1CCN. The molecule has 0 atom stereocenters. The molecule has 0 spiro atoms. The second-order valence-corrected chi connectivity index (χ2v) is 4.29. The van der Waals surface area contributed by atoms with Crippen molar-refractivity contribution in [3.05, 3.63) is 18.2 Å². The normalized spacial score (nSPS) is 12.0. The molecular weight excluding hydrogens is 190 g/mol. The van der Waals surface area contributed by atoms with Crippen LogP contribution in [0.2, 0.25) is 0 Å². The molecule has 1 aromatic rings. The third-order valence-corrected chi connectivity index (χ3v) is 2.68. The highest BCUT2D eigenvalue weighted by molar-refractivity contribution is 4.93. The second-order valence-electron chi connectivity index (χ2n) is 4.29. The molecule has 1 aromatic heterocycles. The van der Waals surface area contributed by atoms with Gasteiger partial charge in [-0.2, -0.15) is 0 Å². The summed E-state index contributed by atoms with van der Waals surface area (Å²) < 4.78 is 7.52. The number of aryl methyl sites for hydroxylation is 1. The van der Waals surface area contributed by atoms with E-state index in [1.54, 1.807) is 7.11 Å². The van der Waals surface area contributed by atoms with Crippen LogP contribution >= 0.6 is 0 Å². The van der Waals surface area contributed by atoms with Gasteiger partial charge in [0.2, 0.25) is 0 Å². The van der Waals surface area contributed by atoms with Gasteiger partial charge in [-0.25, -0.2) is 4.98 Å². The lowest BCUT2D eigenvalue weighted by molar-refractivity contribution is 0.0119. The van der Waals surface area contributed by atoms with E-state index in [4.69, 9.17) is 10.5 Å². The van der Waals surface area contributed by atoms with Crippen LogP contribution in [-0.2, 0) is 17.7 Å². The predicted molar refractivity (Wildman–Crippen MR) is 60.7 cm³/mol. The van der Waals surface area contributed by atoms with Crippen molar-refractivity contribution in [2.75, 3.05) is 13.7 Å². The van der Waals surface area contributed by atoms with Gasteiger partial charge in [-0.15, -0.1) is 0 Å². The number of aromatic nitrogens is 2. The van der Waals surface area contributed by atoms with Gasteiger partial charge in [0.05, 0.1) is 5.60 Å². The lowest BCUT2D eigenvalue weighted by atomic mass is 10.1. The molecule has 86 valence electrons. The van der Waals surface area contributed by atoms with E-state index in [9.17, 15) is 0 Å². The van der Waals surface area contributed by atoms with Crippen LogP contribution in [0.25, 0.3) is 0 Å². The van der Waals surface area contributed by atoms with E-state index in [-0.39, 0.29) is 5.60 Å². The zero-order valence-corrected chi connectivity index (χ0v) is 9.86. The first-order valence-electron chi connectivity index (χ1n) is 5.34. The summed E-state index contributed by atoms with van der Waals surface area (Å²) in [6.45, 7) is 5.75. The Bertz CT molecular complexity index is 294. The minimum atomic E-state index is -0.0791. The summed E-state index contributed by atoms with van der Waals surface area (Å²) in [6, 6.07) is 0. The van der Waals surface area contributed by atoms with Crippen molar-refractivity contribution in [3.63, 3.8) is 0 Å². The van der Waals surface area contributed by atoms with Gasteiger partial charge in [0.25, 0.3) is 0 Å². The molecule has 1 heterocycles. The molecule has 4 heteroatoms. The molecule has 0 aliphatic rings. The Kier molecular flexibility index (Phi) is 4.29. The standard InChI is InChI=1S/C11H21N3O/c1-11(2,15-3)5-8-14-9-7-13-10(14)4-6-12/h7,9H,4-6,8,12H2,1-3H3. The van der Waals surface area contributed by atoms with Gasteiger partial charge < -0.3 is 15.0 Å². The second kappa shape index (κ2) is 5.28. The number of hydrogen-bond acceptors (Lipinski definition) is 3. The van der Waals surface area contributed by atoms with Crippen molar-refractivity contribution in [3.8, 4) is 0 Å². The number of methoxy groups -OCH3 is 1. The van der Waals surface area contributed by atoms with Gasteiger partial charge in [-0.1, -0.05) is 0 Å². The molecule has 0 radical (unpaired) electrons. The van der Waals surface area contributed by atoms with Gasteiger partial charge in [-0.05, 0) is 26.8 Å². The quantitative estimate of drug-likeness (QED) is 0.769. The van der Waals surface area contributed by atoms with Crippen LogP contribution in [0.5, 0.6) is 0 Å². The Balaban J connectivity index is 2.53. The average Bonchev–Trinajstić information content (AvgIpc) is 2.64. The summed E-state index contributed by atoms with van der Waals surface area (Å²) in [5.74, 6) is 1.06. The molecule has 15 heavy (non-hydrogen) atoms. The molecule has 0 aliphatic carbocycles. The Morgan fingerprint density at radius 1 is 1.53 bits per heavy atom. The Labute approximate surface area is 91.4 Å². The molecule has 0 saturated carbocycles. The van der Waals surface area contributed by atoms with E-state index in [2.05, 4.69) is 23.4 Å². The molecule has 1 rings (SSSR count). The number of imidazole rings is 1. The van der Waals surface area contributed by atoms with Crippen molar-refractivity contribution >= 4 is 0 Å². The number of ether oxygens (including phenoxy) is 1. The highest BCUT2D eigenvalue weighted by Gasteiger charge is 2.16. The third kappa shape index (κ3) is 3.64. The van der Waals surface area contributed by atoms with Crippen LogP contribution < -0.4 is 5.73 Å². The first-order valence-corrected chi connectivity index (χ1v) is 5.34. The maximum Gasteiger partial charge on any atom is 0.109 e. The van der Waals surface area contributed by atoms with Crippen molar-refractivity contribution in [2.45, 2.75) is 38.8 Å². The van der Waals surface area contributed by atoms with Gasteiger partial charge in [-0.3, -0.25) is 0 Å². The van der Waals surface area contributed by atoms with Crippen molar-refractivity contribution < 1.29 is 4.74 Å². The molecule has 0 bridgehead atoms. The van der Waals surface area contributed by atoms with E-state index < -0.39 is 0 Å². The smallest absolute Gasteiger partial charge is 0.109 e. The fraction of sp³-hybridized carbons (Fsp3) is 0.727. The molecular formula is C11H21N3O. The van der Waals surface area contributed by atoms with Crippen molar-refractivity contribution in [2.24, 2.45) is 5.73 Å². The Morgan fingerprint density at radius 2 is 2.27 bits per heavy atom. The van der Waals surface area contributed by atoms with Gasteiger partial charge >= 0.3 is 0 Å². The van der Waals surface area contributed by atoms with Crippen molar-refractivity contribution in [1.29, 1.82) is 0 Å². The van der Waals surface area contributed by atoms with Crippen LogP contribution in [0.15, 0.2) is 12.4 Å². The summed E-state index contributed by atoms with van der Waals surface area (Å²) in [6.07, 6.45) is 5.62. The minimum absolute atomic E-state index is 0.0791. The van der Waals surface area contributed by atoms with E-state index in [1.165, 1.54) is 0 Å². The molecule has 0 aromatic carbocycles. The lowest BCUT2D eigenvalue weighted by Crippen LogP contribution is -2.25. The van der Waals surface area contributed by atoms with Crippen LogP contribution in [-0.4, -0.2) is 28.8 Å². The van der Waals surface area contributed by atoms with Crippen LogP contribution in [0.4, 0.5) is 0 Å². The van der Waals surface area contributed by atoms with Crippen molar-refractivity contribution in [1.82, 2.24) is 9.55 Å². The van der Waals surface area contributed by atoms with E-state index in [0.717, 1.165) is 25.2 Å². The molecule has 2 N–H and O–H groups in total. The van der Waals surface area contributed by atoms with Gasteiger partial charge in [0.1, 0.15) is 5.82 Å². The first kappa shape index (κ1) is 12.2. The largest absolute Gasteiger partial charge is 0.379 e. The van der Waals surface area contributed by atoms with Crippen LogP contribution in [0, 0.1) is 0 Å². The highest BCUT2D eigenvalue weighted by atomic mass is 16.5. The summed E-state index contributed by atoms with van der Waals surface area (Å²) in [7, 11) is 1.74. The van der Waals surface area contributed by atoms with Crippen LogP contribution in [0.1, 0.15) is 26.1 Å². The molecule has 0 saturated heterocycles.